The van der Waals surface area contributed by atoms with Gasteiger partial charge in [0.25, 0.3) is 5.91 Å². The number of rotatable bonds is 4. The molecule has 6 nitrogen and oxygen atoms in total. The van der Waals surface area contributed by atoms with Crippen LogP contribution in [0.2, 0.25) is 0 Å². The fourth-order valence-corrected chi connectivity index (χ4v) is 2.34. The van der Waals surface area contributed by atoms with Crippen molar-refractivity contribution in [3.05, 3.63) is 77.4 Å². The second-order valence-corrected chi connectivity index (χ2v) is 5.60. The minimum absolute atomic E-state index is 0.315. The Morgan fingerprint density at radius 3 is 2.27 bits per heavy atom. The maximum Gasteiger partial charge on any atom is 0.259 e. The number of benzene rings is 2. The molecule has 0 saturated carbocycles. The molecule has 0 spiro atoms. The highest BCUT2D eigenvalue weighted by Crippen LogP contribution is 2.18. The fourth-order valence-electron chi connectivity index (χ4n) is 2.34. The van der Waals surface area contributed by atoms with Crippen LogP contribution < -0.4 is 11.1 Å². The maximum absolute atomic E-state index is 13.0. The van der Waals surface area contributed by atoms with Gasteiger partial charge in [-0.05, 0) is 55.5 Å². The van der Waals surface area contributed by atoms with Crippen LogP contribution in [0.25, 0.3) is 11.4 Å². The number of anilines is 1. The smallest absolute Gasteiger partial charge is 0.259 e. The summed E-state index contributed by atoms with van der Waals surface area (Å²) >= 11 is 0. The van der Waals surface area contributed by atoms with Gasteiger partial charge in [0.2, 0.25) is 5.91 Å². The van der Waals surface area contributed by atoms with Crippen LogP contribution in [0.1, 0.15) is 26.4 Å². The van der Waals surface area contributed by atoms with Gasteiger partial charge in [0.15, 0.2) is 5.82 Å². The van der Waals surface area contributed by atoms with Crippen LogP contribution in [0.5, 0.6) is 0 Å². The minimum atomic E-state index is -0.538. The number of hydrogen-bond donors (Lipinski definition) is 2. The van der Waals surface area contributed by atoms with E-state index < -0.39 is 5.91 Å². The lowest BCUT2D eigenvalue weighted by Gasteiger charge is -2.09. The molecular formula is C19H15FN4O2. The Hall–Kier alpha value is -3.61. The van der Waals surface area contributed by atoms with Crippen molar-refractivity contribution in [2.75, 3.05) is 5.32 Å². The third kappa shape index (κ3) is 3.72. The molecule has 3 N–H and O–H groups in total. The van der Waals surface area contributed by atoms with Crippen molar-refractivity contribution in [1.82, 2.24) is 9.97 Å². The van der Waals surface area contributed by atoms with Gasteiger partial charge in [-0.25, -0.2) is 14.4 Å². The van der Waals surface area contributed by atoms with Crippen molar-refractivity contribution >= 4 is 17.5 Å². The summed E-state index contributed by atoms with van der Waals surface area (Å²) in [6, 6.07) is 12.0. The maximum atomic E-state index is 13.0. The molecule has 3 aromatic rings. The van der Waals surface area contributed by atoms with Crippen molar-refractivity contribution in [2.45, 2.75) is 6.92 Å². The lowest BCUT2D eigenvalue weighted by molar-refractivity contribution is 0.0998. The Balaban J connectivity index is 1.79. The number of nitrogens with two attached hydrogens (primary N) is 1. The third-order valence-electron chi connectivity index (χ3n) is 3.75. The first-order chi connectivity index (χ1) is 12.4. The normalized spacial score (nSPS) is 10.4. The van der Waals surface area contributed by atoms with E-state index in [1.807, 2.05) is 0 Å². The van der Waals surface area contributed by atoms with E-state index in [2.05, 4.69) is 15.3 Å². The summed E-state index contributed by atoms with van der Waals surface area (Å²) in [5, 5.41) is 2.71. The molecule has 2 amide bonds. The molecule has 0 aliphatic heterocycles. The molecule has 26 heavy (non-hydrogen) atoms. The van der Waals surface area contributed by atoms with Crippen LogP contribution in [-0.4, -0.2) is 21.8 Å². The predicted molar refractivity (Wildman–Crippen MR) is 95.1 cm³/mol. The highest BCUT2D eigenvalue weighted by Gasteiger charge is 2.13. The summed E-state index contributed by atoms with van der Waals surface area (Å²) in [5.74, 6) is -0.850. The first kappa shape index (κ1) is 17.2. The highest BCUT2D eigenvalue weighted by molar-refractivity contribution is 6.05. The Morgan fingerprint density at radius 2 is 1.69 bits per heavy atom. The van der Waals surface area contributed by atoms with Gasteiger partial charge >= 0.3 is 0 Å². The van der Waals surface area contributed by atoms with Crippen LogP contribution in [0.4, 0.5) is 10.1 Å². The van der Waals surface area contributed by atoms with Crippen molar-refractivity contribution in [1.29, 1.82) is 0 Å². The number of aromatic nitrogens is 2. The molecule has 0 atom stereocenters. The summed E-state index contributed by atoms with van der Waals surface area (Å²) in [4.78, 5) is 32.0. The fraction of sp³-hybridized carbons (Fsp3) is 0.0526. The zero-order chi connectivity index (χ0) is 18.7. The molecule has 1 aromatic heterocycles. The van der Waals surface area contributed by atoms with Crippen LogP contribution in [-0.2, 0) is 0 Å². The van der Waals surface area contributed by atoms with Gasteiger partial charge in [0, 0.05) is 23.0 Å². The quantitative estimate of drug-likeness (QED) is 0.756. The molecule has 0 bridgehead atoms. The van der Waals surface area contributed by atoms with E-state index in [0.29, 0.717) is 33.9 Å². The predicted octanol–water partition coefficient (Wildman–Crippen LogP) is 2.94. The number of nitrogens with one attached hydrogen (secondary N) is 1. The van der Waals surface area contributed by atoms with Gasteiger partial charge in [-0.2, -0.15) is 0 Å². The van der Waals surface area contributed by atoms with E-state index in [4.69, 9.17) is 5.73 Å². The van der Waals surface area contributed by atoms with E-state index >= 15 is 0 Å². The van der Waals surface area contributed by atoms with Gasteiger partial charge in [-0.1, -0.05) is 0 Å². The van der Waals surface area contributed by atoms with Crippen LogP contribution in [0.15, 0.2) is 54.7 Å². The Labute approximate surface area is 148 Å². The Bertz CT molecular complexity index is 970. The highest BCUT2D eigenvalue weighted by atomic mass is 19.1. The number of carbonyl (C=O) groups is 2. The topological polar surface area (TPSA) is 98.0 Å². The van der Waals surface area contributed by atoms with E-state index in [1.165, 1.54) is 30.5 Å². The van der Waals surface area contributed by atoms with E-state index in [9.17, 15) is 14.0 Å². The Morgan fingerprint density at radius 1 is 1.04 bits per heavy atom. The molecule has 0 fully saturated rings. The van der Waals surface area contributed by atoms with Gasteiger partial charge in [-0.15, -0.1) is 0 Å². The van der Waals surface area contributed by atoms with Gasteiger partial charge in [0.1, 0.15) is 5.82 Å². The molecule has 2 aromatic carbocycles. The molecular weight excluding hydrogens is 335 g/mol. The number of hydrogen-bond acceptors (Lipinski definition) is 4. The standard InChI is InChI=1S/C19H15FN4O2/c1-11-16(10-22-18(23-11)13-2-6-14(20)7-3-13)19(26)24-15-8-4-12(5-9-15)17(21)25/h2-10H,1H3,(H2,21,25)(H,24,26). The summed E-state index contributed by atoms with van der Waals surface area (Å²) in [7, 11) is 0. The molecule has 0 unspecified atom stereocenters. The molecule has 1 heterocycles. The van der Waals surface area contributed by atoms with E-state index in [0.717, 1.165) is 0 Å². The van der Waals surface area contributed by atoms with Crippen molar-refractivity contribution in [3.8, 4) is 11.4 Å². The van der Waals surface area contributed by atoms with Crippen LogP contribution in [0.3, 0.4) is 0 Å². The average molecular weight is 350 g/mol. The number of halogens is 1. The number of nitrogens with zero attached hydrogens (tertiary/aromatic N) is 2. The number of amides is 2. The van der Waals surface area contributed by atoms with Gasteiger partial charge < -0.3 is 11.1 Å². The van der Waals surface area contributed by atoms with Gasteiger partial charge in [0.05, 0.1) is 11.3 Å². The van der Waals surface area contributed by atoms with Crippen LogP contribution >= 0.6 is 0 Å². The van der Waals surface area contributed by atoms with Crippen molar-refractivity contribution in [2.24, 2.45) is 5.73 Å². The first-order valence-electron chi connectivity index (χ1n) is 7.75. The first-order valence-corrected chi connectivity index (χ1v) is 7.75. The second-order valence-electron chi connectivity index (χ2n) is 5.60. The Kier molecular flexibility index (Phi) is 4.70. The average Bonchev–Trinajstić information content (AvgIpc) is 2.62. The molecule has 0 saturated heterocycles. The van der Waals surface area contributed by atoms with Crippen molar-refractivity contribution < 1.29 is 14.0 Å². The lowest BCUT2D eigenvalue weighted by atomic mass is 10.1. The number of primary amides is 1. The summed E-state index contributed by atoms with van der Waals surface area (Å²) in [6.45, 7) is 1.69. The SMILES string of the molecule is Cc1nc(-c2ccc(F)cc2)ncc1C(=O)Nc1ccc(C(N)=O)cc1. The van der Waals surface area contributed by atoms with E-state index in [1.54, 1.807) is 31.2 Å². The number of carbonyl (C=O) groups excluding carboxylic acids is 2. The largest absolute Gasteiger partial charge is 0.366 e. The lowest BCUT2D eigenvalue weighted by Crippen LogP contribution is -2.15. The third-order valence-corrected chi connectivity index (χ3v) is 3.75. The van der Waals surface area contributed by atoms with Gasteiger partial charge in [-0.3, -0.25) is 9.59 Å². The molecule has 3 rings (SSSR count). The number of aryl methyl sites for hydroxylation is 1. The molecule has 7 heteroatoms. The summed E-state index contributed by atoms with van der Waals surface area (Å²) in [5.41, 5.74) is 7.51. The molecule has 0 aliphatic rings. The summed E-state index contributed by atoms with van der Waals surface area (Å²) < 4.78 is 13.0. The minimum Gasteiger partial charge on any atom is -0.366 e. The summed E-state index contributed by atoms with van der Waals surface area (Å²) in [6.07, 6.45) is 1.42. The monoisotopic (exact) mass is 350 g/mol. The van der Waals surface area contributed by atoms with Crippen molar-refractivity contribution in [3.63, 3.8) is 0 Å². The molecule has 0 aliphatic carbocycles. The second kappa shape index (κ2) is 7.10. The zero-order valence-electron chi connectivity index (χ0n) is 13.9. The molecule has 0 radical (unpaired) electrons. The van der Waals surface area contributed by atoms with Crippen LogP contribution in [0, 0.1) is 12.7 Å². The molecule has 130 valence electrons. The van der Waals surface area contributed by atoms with E-state index in [-0.39, 0.29) is 11.7 Å². The zero-order valence-corrected chi connectivity index (χ0v) is 13.9.